The molecule has 0 saturated heterocycles. The minimum absolute atomic E-state index is 0.0879. The second-order valence-corrected chi connectivity index (χ2v) is 4.91. The molecule has 2 rings (SSSR count). The Morgan fingerprint density at radius 1 is 1.43 bits per heavy atom. The van der Waals surface area contributed by atoms with E-state index in [0.29, 0.717) is 27.7 Å². The number of aryl methyl sites for hydroxylation is 1. The zero-order chi connectivity index (χ0) is 15.4. The molecule has 2 aromatic rings. The standard InChI is InChI=1S/C13H10Cl2N2O4/c1-7-11(17-21-16-7)6-20-13-8(2-3-12(18)19)4-9(14)5-10(13)15/h2-5H,6H2,1H3,(H,18,19). The number of hydrogen-bond donors (Lipinski definition) is 1. The maximum absolute atomic E-state index is 10.6. The number of halogens is 2. The Morgan fingerprint density at radius 2 is 2.19 bits per heavy atom. The summed E-state index contributed by atoms with van der Waals surface area (Å²) in [4.78, 5) is 10.6. The number of carbonyl (C=O) groups is 1. The second-order valence-electron chi connectivity index (χ2n) is 4.06. The molecule has 1 aromatic carbocycles. The van der Waals surface area contributed by atoms with Crippen LogP contribution in [0.15, 0.2) is 22.8 Å². The number of ether oxygens (including phenoxy) is 1. The molecule has 8 heteroatoms. The van der Waals surface area contributed by atoms with Gasteiger partial charge in [0, 0.05) is 16.7 Å². The Kier molecular flexibility index (Phi) is 4.82. The van der Waals surface area contributed by atoms with E-state index < -0.39 is 5.97 Å². The predicted molar refractivity (Wildman–Crippen MR) is 76.5 cm³/mol. The summed E-state index contributed by atoms with van der Waals surface area (Å²) in [6.45, 7) is 1.81. The fourth-order valence-electron chi connectivity index (χ4n) is 1.54. The predicted octanol–water partition coefficient (Wildman–Crippen LogP) is 3.36. The van der Waals surface area contributed by atoms with Crippen molar-refractivity contribution in [2.45, 2.75) is 13.5 Å². The zero-order valence-electron chi connectivity index (χ0n) is 10.8. The number of hydrogen-bond acceptors (Lipinski definition) is 5. The average Bonchev–Trinajstić information content (AvgIpc) is 2.80. The summed E-state index contributed by atoms with van der Waals surface area (Å²) in [7, 11) is 0. The van der Waals surface area contributed by atoms with Gasteiger partial charge in [-0.3, -0.25) is 0 Å². The summed E-state index contributed by atoms with van der Waals surface area (Å²) in [6.07, 6.45) is 2.32. The van der Waals surface area contributed by atoms with E-state index >= 15 is 0 Å². The van der Waals surface area contributed by atoms with Crippen LogP contribution >= 0.6 is 23.2 Å². The summed E-state index contributed by atoms with van der Waals surface area (Å²) < 4.78 is 10.1. The lowest BCUT2D eigenvalue weighted by Gasteiger charge is -2.10. The number of nitrogens with zero attached hydrogens (tertiary/aromatic N) is 2. The number of carboxylic acids is 1. The highest BCUT2D eigenvalue weighted by Crippen LogP contribution is 2.34. The van der Waals surface area contributed by atoms with Gasteiger partial charge >= 0.3 is 5.97 Å². The van der Waals surface area contributed by atoms with Crippen LogP contribution in [0.1, 0.15) is 17.0 Å². The molecule has 0 bridgehead atoms. The molecule has 0 aliphatic heterocycles. The molecule has 21 heavy (non-hydrogen) atoms. The minimum Gasteiger partial charge on any atom is -0.485 e. The number of aromatic nitrogens is 2. The number of benzene rings is 1. The van der Waals surface area contributed by atoms with Crippen LogP contribution in [0.25, 0.3) is 6.08 Å². The van der Waals surface area contributed by atoms with Gasteiger partial charge < -0.3 is 9.84 Å². The Labute approximate surface area is 129 Å². The fourth-order valence-corrected chi connectivity index (χ4v) is 2.10. The highest BCUT2D eigenvalue weighted by molar-refractivity contribution is 6.35. The summed E-state index contributed by atoms with van der Waals surface area (Å²) in [6, 6.07) is 3.06. The van der Waals surface area contributed by atoms with Crippen LogP contribution in [0.3, 0.4) is 0 Å². The van der Waals surface area contributed by atoms with Gasteiger partial charge in [-0.15, -0.1) is 0 Å². The van der Waals surface area contributed by atoms with Crippen molar-refractivity contribution in [3.63, 3.8) is 0 Å². The van der Waals surface area contributed by atoms with Crippen LogP contribution in [0.5, 0.6) is 5.75 Å². The first-order chi connectivity index (χ1) is 9.97. The summed E-state index contributed by atoms with van der Waals surface area (Å²) >= 11 is 12.0. The van der Waals surface area contributed by atoms with Crippen LogP contribution < -0.4 is 4.74 Å². The zero-order valence-corrected chi connectivity index (χ0v) is 12.4. The van der Waals surface area contributed by atoms with Crippen LogP contribution in [-0.4, -0.2) is 21.4 Å². The molecule has 0 saturated carbocycles. The molecular formula is C13H10Cl2N2O4. The van der Waals surface area contributed by atoms with Gasteiger partial charge in [-0.05, 0) is 25.1 Å². The molecule has 6 nitrogen and oxygen atoms in total. The quantitative estimate of drug-likeness (QED) is 0.847. The SMILES string of the molecule is Cc1nonc1COc1c(Cl)cc(Cl)cc1C=CC(=O)O. The van der Waals surface area contributed by atoms with Gasteiger partial charge in [-0.1, -0.05) is 33.5 Å². The van der Waals surface area contributed by atoms with Crippen molar-refractivity contribution in [2.24, 2.45) is 0 Å². The van der Waals surface area contributed by atoms with Gasteiger partial charge in [0.15, 0.2) is 0 Å². The lowest BCUT2D eigenvalue weighted by molar-refractivity contribution is -0.131. The molecule has 0 atom stereocenters. The van der Waals surface area contributed by atoms with Crippen molar-refractivity contribution >= 4 is 35.2 Å². The second kappa shape index (κ2) is 6.60. The first-order valence-electron chi connectivity index (χ1n) is 5.78. The minimum atomic E-state index is -1.09. The molecular weight excluding hydrogens is 319 g/mol. The van der Waals surface area contributed by atoms with Crippen LogP contribution in [0, 0.1) is 6.92 Å². The molecule has 0 unspecified atom stereocenters. The first-order valence-corrected chi connectivity index (χ1v) is 6.54. The monoisotopic (exact) mass is 328 g/mol. The maximum atomic E-state index is 10.6. The van der Waals surface area contributed by atoms with Gasteiger partial charge in [0.1, 0.15) is 23.7 Å². The van der Waals surface area contributed by atoms with E-state index in [9.17, 15) is 4.79 Å². The Bertz CT molecular complexity index is 697. The van der Waals surface area contributed by atoms with Crippen molar-refractivity contribution in [1.82, 2.24) is 10.3 Å². The molecule has 0 aliphatic rings. The number of rotatable bonds is 5. The van der Waals surface area contributed by atoms with E-state index in [-0.39, 0.29) is 11.6 Å². The van der Waals surface area contributed by atoms with Gasteiger partial charge in [-0.2, -0.15) is 0 Å². The Balaban J connectivity index is 2.28. The molecule has 0 radical (unpaired) electrons. The third-order valence-corrected chi connectivity index (χ3v) is 3.04. The molecule has 0 fully saturated rings. The highest BCUT2D eigenvalue weighted by atomic mass is 35.5. The first kappa shape index (κ1) is 15.3. The lowest BCUT2D eigenvalue weighted by atomic mass is 10.2. The topological polar surface area (TPSA) is 85.5 Å². The molecule has 0 aliphatic carbocycles. The molecule has 1 N–H and O–H groups in total. The van der Waals surface area contributed by atoms with Crippen LogP contribution in [-0.2, 0) is 11.4 Å². The molecule has 0 amide bonds. The van der Waals surface area contributed by atoms with E-state index in [1.165, 1.54) is 12.1 Å². The van der Waals surface area contributed by atoms with Gasteiger partial charge in [0.25, 0.3) is 0 Å². The fraction of sp³-hybridized carbons (Fsp3) is 0.154. The van der Waals surface area contributed by atoms with E-state index in [1.807, 2.05) is 0 Å². The average molecular weight is 329 g/mol. The van der Waals surface area contributed by atoms with E-state index in [2.05, 4.69) is 14.9 Å². The molecule has 1 aromatic heterocycles. The Hall–Kier alpha value is -2.05. The van der Waals surface area contributed by atoms with Gasteiger partial charge in [-0.25, -0.2) is 9.42 Å². The third kappa shape index (κ3) is 3.96. The summed E-state index contributed by atoms with van der Waals surface area (Å²) in [5.74, 6) is -0.783. The van der Waals surface area contributed by atoms with E-state index in [0.717, 1.165) is 6.08 Å². The van der Waals surface area contributed by atoms with E-state index in [1.54, 1.807) is 13.0 Å². The maximum Gasteiger partial charge on any atom is 0.328 e. The third-order valence-electron chi connectivity index (χ3n) is 2.54. The number of carboxylic acid groups (broad SMARTS) is 1. The van der Waals surface area contributed by atoms with Gasteiger partial charge in [0.05, 0.1) is 5.02 Å². The smallest absolute Gasteiger partial charge is 0.328 e. The molecule has 110 valence electrons. The van der Waals surface area contributed by atoms with E-state index in [4.69, 9.17) is 33.0 Å². The van der Waals surface area contributed by atoms with Gasteiger partial charge in [0.2, 0.25) is 0 Å². The Morgan fingerprint density at radius 3 is 2.81 bits per heavy atom. The van der Waals surface area contributed by atoms with Crippen molar-refractivity contribution < 1.29 is 19.3 Å². The van der Waals surface area contributed by atoms with Crippen molar-refractivity contribution in [1.29, 1.82) is 0 Å². The highest BCUT2D eigenvalue weighted by Gasteiger charge is 2.12. The van der Waals surface area contributed by atoms with Crippen molar-refractivity contribution in [3.8, 4) is 5.75 Å². The number of aliphatic carboxylic acids is 1. The molecule has 0 spiro atoms. The molecule has 1 heterocycles. The normalized spacial score (nSPS) is 11.0. The summed E-state index contributed by atoms with van der Waals surface area (Å²) in [5, 5.41) is 16.7. The largest absolute Gasteiger partial charge is 0.485 e. The van der Waals surface area contributed by atoms with Crippen molar-refractivity contribution in [3.05, 3.63) is 45.2 Å². The van der Waals surface area contributed by atoms with Crippen LogP contribution in [0.2, 0.25) is 10.0 Å². The van der Waals surface area contributed by atoms with Crippen LogP contribution in [0.4, 0.5) is 0 Å². The van der Waals surface area contributed by atoms with Crippen molar-refractivity contribution in [2.75, 3.05) is 0 Å². The summed E-state index contributed by atoms with van der Waals surface area (Å²) in [5.41, 5.74) is 1.57. The lowest BCUT2D eigenvalue weighted by Crippen LogP contribution is -2.00.